The van der Waals surface area contributed by atoms with Gasteiger partial charge >= 0.3 is 6.18 Å². The van der Waals surface area contributed by atoms with E-state index in [0.29, 0.717) is 30.5 Å². The monoisotopic (exact) mass is 518 g/mol. The van der Waals surface area contributed by atoms with Crippen molar-refractivity contribution in [3.8, 4) is 0 Å². The van der Waals surface area contributed by atoms with Crippen LogP contribution in [-0.4, -0.2) is 64.8 Å². The van der Waals surface area contributed by atoms with Gasteiger partial charge in [-0.25, -0.2) is 9.97 Å². The van der Waals surface area contributed by atoms with Crippen LogP contribution >= 0.6 is 0 Å². The highest BCUT2D eigenvalue weighted by Crippen LogP contribution is 2.37. The number of primary amides is 1. The highest BCUT2D eigenvalue weighted by atomic mass is 19.4. The molecule has 0 bridgehead atoms. The molecule has 11 heteroatoms. The maximum Gasteiger partial charge on any atom is 0.419 e. The quantitative estimate of drug-likeness (QED) is 0.577. The molecule has 1 aromatic heterocycles. The van der Waals surface area contributed by atoms with Crippen LogP contribution in [0, 0.1) is 11.8 Å². The summed E-state index contributed by atoms with van der Waals surface area (Å²) in [7, 11) is 3.89. The molecular formula is C26H33F3N6O2. The minimum Gasteiger partial charge on any atom is -0.369 e. The molecule has 0 radical (unpaired) electrons. The third-order valence-electron chi connectivity index (χ3n) is 7.54. The first kappa shape index (κ1) is 26.8. The van der Waals surface area contributed by atoms with Gasteiger partial charge in [0.2, 0.25) is 11.9 Å². The zero-order valence-electron chi connectivity index (χ0n) is 21.1. The van der Waals surface area contributed by atoms with Crippen molar-refractivity contribution in [2.75, 3.05) is 32.5 Å². The Morgan fingerprint density at radius 1 is 1.14 bits per heavy atom. The standard InChI is InChI=1S/C26H33F3N6O2/c1-34-11-9-20(10-12-34)35(2)24(37)17-5-7-19(8-6-17)32-25-31-15-21(26(27,28)29)22(33-25)14-16-3-4-18(13-16)23(30)36/h5-8,15-16,18,20H,3-4,9-14H2,1-2H3,(H2,30,36)(H,31,32,33)/t16-,18+/m1/s1. The molecule has 1 saturated carbocycles. The summed E-state index contributed by atoms with van der Waals surface area (Å²) < 4.78 is 40.8. The first-order valence-corrected chi connectivity index (χ1v) is 12.6. The number of alkyl halides is 3. The molecular weight excluding hydrogens is 485 g/mol. The fraction of sp³-hybridized carbons (Fsp3) is 0.538. The van der Waals surface area contributed by atoms with Crippen molar-refractivity contribution in [3.05, 3.63) is 47.3 Å². The maximum atomic E-state index is 13.6. The molecule has 8 nitrogen and oxygen atoms in total. The Bertz CT molecular complexity index is 1120. The molecule has 0 spiro atoms. The lowest BCUT2D eigenvalue weighted by atomic mass is 9.97. The fourth-order valence-corrected chi connectivity index (χ4v) is 5.24. The lowest BCUT2D eigenvalue weighted by Gasteiger charge is -2.35. The Morgan fingerprint density at radius 3 is 2.41 bits per heavy atom. The number of aromatic nitrogens is 2. The summed E-state index contributed by atoms with van der Waals surface area (Å²) in [5.74, 6) is -0.857. The van der Waals surface area contributed by atoms with Crippen LogP contribution in [0.15, 0.2) is 30.5 Å². The number of hydrogen-bond donors (Lipinski definition) is 2. The van der Waals surface area contributed by atoms with Crippen molar-refractivity contribution in [2.45, 2.75) is 50.7 Å². The van der Waals surface area contributed by atoms with Crippen molar-refractivity contribution in [1.29, 1.82) is 0 Å². The third kappa shape index (κ3) is 6.57. The molecule has 2 aliphatic rings. The molecule has 2 atom stereocenters. The summed E-state index contributed by atoms with van der Waals surface area (Å²) in [6.45, 7) is 1.90. The van der Waals surface area contributed by atoms with E-state index in [1.807, 2.05) is 7.05 Å². The first-order chi connectivity index (χ1) is 17.5. The average Bonchev–Trinajstić information content (AvgIpc) is 3.32. The van der Waals surface area contributed by atoms with Crippen LogP contribution in [0.1, 0.15) is 53.7 Å². The van der Waals surface area contributed by atoms with E-state index in [4.69, 9.17) is 5.73 Å². The fourth-order valence-electron chi connectivity index (χ4n) is 5.24. The molecule has 2 aromatic rings. The summed E-state index contributed by atoms with van der Waals surface area (Å²) in [6, 6.07) is 6.93. The number of benzene rings is 1. The number of nitrogens with one attached hydrogen (secondary N) is 1. The zero-order valence-corrected chi connectivity index (χ0v) is 21.1. The SMILES string of the molecule is CN1CCC(N(C)C(=O)c2ccc(Nc3ncc(C(F)(F)F)c(C[C@@H]4CC[C@H](C(N)=O)C4)n3)cc2)CC1. The topological polar surface area (TPSA) is 104 Å². The number of nitrogens with two attached hydrogens (primary N) is 1. The van der Waals surface area contributed by atoms with Gasteiger partial charge in [-0.3, -0.25) is 9.59 Å². The predicted molar refractivity (Wildman–Crippen MR) is 133 cm³/mol. The molecule has 3 N–H and O–H groups in total. The summed E-state index contributed by atoms with van der Waals surface area (Å²) in [6.07, 6.45) is -0.189. The van der Waals surface area contributed by atoms with Gasteiger partial charge in [0.05, 0.1) is 11.3 Å². The molecule has 0 unspecified atom stereocenters. The molecule has 37 heavy (non-hydrogen) atoms. The number of carbonyl (C=O) groups excluding carboxylic acids is 2. The van der Waals surface area contributed by atoms with Gasteiger partial charge in [0, 0.05) is 36.5 Å². The summed E-state index contributed by atoms with van der Waals surface area (Å²) in [5, 5.41) is 2.94. The Kier molecular flexibility index (Phi) is 8.01. The Labute approximate surface area is 214 Å². The normalized spacial score (nSPS) is 21.1. The Morgan fingerprint density at radius 2 is 1.81 bits per heavy atom. The summed E-state index contributed by atoms with van der Waals surface area (Å²) >= 11 is 0. The van der Waals surface area contributed by atoms with Crippen LogP contribution in [0.3, 0.4) is 0 Å². The van der Waals surface area contributed by atoms with Crippen LogP contribution in [0.4, 0.5) is 24.8 Å². The van der Waals surface area contributed by atoms with Gasteiger partial charge in [0.15, 0.2) is 0 Å². The zero-order chi connectivity index (χ0) is 26.7. The number of piperidine rings is 1. The number of anilines is 2. The van der Waals surface area contributed by atoms with Gasteiger partial charge in [0.1, 0.15) is 0 Å². The molecule has 1 aliphatic carbocycles. The predicted octanol–water partition coefficient (Wildman–Crippen LogP) is 3.85. The van der Waals surface area contributed by atoms with Crippen molar-refractivity contribution in [2.24, 2.45) is 17.6 Å². The highest BCUT2D eigenvalue weighted by Gasteiger charge is 2.37. The average molecular weight is 519 g/mol. The van der Waals surface area contributed by atoms with Gasteiger partial charge in [-0.05, 0) is 88.8 Å². The van der Waals surface area contributed by atoms with Crippen molar-refractivity contribution in [1.82, 2.24) is 19.8 Å². The molecule has 2 heterocycles. The van der Waals surface area contributed by atoms with E-state index in [2.05, 4.69) is 27.2 Å². The van der Waals surface area contributed by atoms with Crippen molar-refractivity contribution < 1.29 is 22.8 Å². The van der Waals surface area contributed by atoms with E-state index >= 15 is 0 Å². The number of nitrogens with zero attached hydrogens (tertiary/aromatic N) is 4. The van der Waals surface area contributed by atoms with Crippen molar-refractivity contribution >= 4 is 23.5 Å². The molecule has 2 amide bonds. The summed E-state index contributed by atoms with van der Waals surface area (Å²) in [5.41, 5.74) is 5.48. The molecule has 1 saturated heterocycles. The van der Waals surface area contributed by atoms with E-state index in [9.17, 15) is 22.8 Å². The number of likely N-dealkylation sites (tertiary alicyclic amines) is 1. The summed E-state index contributed by atoms with van der Waals surface area (Å²) in [4.78, 5) is 36.5. The van der Waals surface area contributed by atoms with Crippen molar-refractivity contribution in [3.63, 3.8) is 0 Å². The maximum absolute atomic E-state index is 13.6. The van der Waals surface area contributed by atoms with E-state index in [-0.39, 0.29) is 41.8 Å². The number of rotatable bonds is 7. The van der Waals surface area contributed by atoms with Crippen LogP contribution in [-0.2, 0) is 17.4 Å². The lowest BCUT2D eigenvalue weighted by Crippen LogP contribution is -2.44. The smallest absolute Gasteiger partial charge is 0.369 e. The first-order valence-electron chi connectivity index (χ1n) is 12.6. The van der Waals surface area contributed by atoms with Gasteiger partial charge < -0.3 is 20.9 Å². The minimum absolute atomic E-state index is 0.0370. The van der Waals surface area contributed by atoms with E-state index in [0.717, 1.165) is 32.1 Å². The molecule has 2 fully saturated rings. The molecule has 4 rings (SSSR count). The van der Waals surface area contributed by atoms with Gasteiger partial charge in [-0.15, -0.1) is 0 Å². The lowest BCUT2D eigenvalue weighted by molar-refractivity contribution is -0.138. The van der Waals surface area contributed by atoms with Gasteiger partial charge in [-0.1, -0.05) is 0 Å². The molecule has 1 aromatic carbocycles. The number of hydrogen-bond acceptors (Lipinski definition) is 6. The molecule has 200 valence electrons. The van der Waals surface area contributed by atoms with Crippen LogP contribution in [0.25, 0.3) is 0 Å². The highest BCUT2D eigenvalue weighted by molar-refractivity contribution is 5.94. The second kappa shape index (κ2) is 11.0. The van der Waals surface area contributed by atoms with E-state index in [1.54, 1.807) is 29.2 Å². The van der Waals surface area contributed by atoms with E-state index < -0.39 is 17.6 Å². The second-order valence-corrected chi connectivity index (χ2v) is 10.2. The van der Waals surface area contributed by atoms with E-state index in [1.165, 1.54) is 0 Å². The Hall–Kier alpha value is -3.21. The number of amides is 2. The number of halogens is 3. The van der Waals surface area contributed by atoms with Crippen LogP contribution in [0.2, 0.25) is 0 Å². The minimum atomic E-state index is -4.59. The van der Waals surface area contributed by atoms with Gasteiger partial charge in [-0.2, -0.15) is 13.2 Å². The van der Waals surface area contributed by atoms with Crippen LogP contribution < -0.4 is 11.1 Å². The largest absolute Gasteiger partial charge is 0.419 e. The number of carbonyl (C=O) groups is 2. The molecule has 1 aliphatic heterocycles. The second-order valence-electron chi connectivity index (χ2n) is 10.2. The van der Waals surface area contributed by atoms with Gasteiger partial charge in [0.25, 0.3) is 5.91 Å². The van der Waals surface area contributed by atoms with Crippen LogP contribution in [0.5, 0.6) is 0 Å². The third-order valence-corrected chi connectivity index (χ3v) is 7.54. The Balaban J connectivity index is 1.45.